The Morgan fingerprint density at radius 3 is 2.68 bits per heavy atom. The predicted octanol–water partition coefficient (Wildman–Crippen LogP) is 3.09. The van der Waals surface area contributed by atoms with Gasteiger partial charge in [-0.15, -0.1) is 0 Å². The third kappa shape index (κ3) is 3.04. The van der Waals surface area contributed by atoms with E-state index in [2.05, 4.69) is 15.9 Å². The van der Waals surface area contributed by atoms with Crippen molar-refractivity contribution in [2.75, 3.05) is 7.11 Å². The maximum Gasteiger partial charge on any atom is 0.197 e. The first-order valence-electron chi connectivity index (χ1n) is 6.21. The second-order valence-corrected chi connectivity index (χ2v) is 5.84. The average Bonchev–Trinajstić information content (AvgIpc) is 2.41. The van der Waals surface area contributed by atoms with Gasteiger partial charge in [0.25, 0.3) is 0 Å². The largest absolute Gasteiger partial charge is 0.382 e. The predicted molar refractivity (Wildman–Crippen MR) is 72.6 cm³/mol. The van der Waals surface area contributed by atoms with Gasteiger partial charge in [0.05, 0.1) is 11.7 Å². The highest BCUT2D eigenvalue weighted by Crippen LogP contribution is 2.33. The fourth-order valence-electron chi connectivity index (χ4n) is 2.45. The summed E-state index contributed by atoms with van der Waals surface area (Å²) in [6, 6.07) is 4.16. The minimum atomic E-state index is -1.48. The Morgan fingerprint density at radius 1 is 1.47 bits per heavy atom. The van der Waals surface area contributed by atoms with Crippen LogP contribution in [0.25, 0.3) is 0 Å². The summed E-state index contributed by atoms with van der Waals surface area (Å²) >= 11 is 3.21. The molecule has 1 aliphatic rings. The molecule has 0 aliphatic heterocycles. The Balaban J connectivity index is 2.21. The Morgan fingerprint density at radius 2 is 2.11 bits per heavy atom. The van der Waals surface area contributed by atoms with Gasteiger partial charge in [-0.3, -0.25) is 4.79 Å². The van der Waals surface area contributed by atoms with Gasteiger partial charge >= 0.3 is 0 Å². The van der Waals surface area contributed by atoms with E-state index >= 15 is 0 Å². The molecule has 0 saturated heterocycles. The number of hydrogen-bond acceptors (Lipinski definition) is 3. The monoisotopic (exact) mass is 330 g/mol. The van der Waals surface area contributed by atoms with Crippen molar-refractivity contribution in [2.45, 2.75) is 37.4 Å². The van der Waals surface area contributed by atoms with Crippen molar-refractivity contribution >= 4 is 21.7 Å². The van der Waals surface area contributed by atoms with Crippen molar-refractivity contribution < 1.29 is 19.0 Å². The number of hydrogen-bond donors (Lipinski definition) is 1. The number of ketones is 1. The molecule has 0 bridgehead atoms. The molecular formula is C14H16BrFO3. The molecule has 0 unspecified atom stereocenters. The van der Waals surface area contributed by atoms with E-state index in [1.165, 1.54) is 18.2 Å². The summed E-state index contributed by atoms with van der Waals surface area (Å²) in [5, 5.41) is 10.4. The first-order chi connectivity index (χ1) is 8.96. The van der Waals surface area contributed by atoms with E-state index in [0.29, 0.717) is 30.2 Å². The maximum atomic E-state index is 13.7. The van der Waals surface area contributed by atoms with Gasteiger partial charge < -0.3 is 9.84 Å². The normalized spacial score (nSPS) is 27.3. The van der Waals surface area contributed by atoms with E-state index in [-0.39, 0.29) is 11.7 Å². The lowest BCUT2D eigenvalue weighted by Gasteiger charge is -2.34. The molecule has 1 aliphatic carbocycles. The molecule has 0 spiro atoms. The molecule has 1 aromatic rings. The molecule has 0 amide bonds. The van der Waals surface area contributed by atoms with Gasteiger partial charge in [-0.1, -0.05) is 15.9 Å². The van der Waals surface area contributed by atoms with E-state index < -0.39 is 17.2 Å². The molecule has 0 heterocycles. The number of carbonyl (C=O) groups is 1. The number of aliphatic hydroxyl groups is 1. The average molecular weight is 331 g/mol. The molecule has 1 N–H and O–H groups in total. The minimum absolute atomic E-state index is 0.0623. The number of carbonyl (C=O) groups excluding carboxylic acids is 1. The summed E-state index contributed by atoms with van der Waals surface area (Å²) in [6.45, 7) is 0. The minimum Gasteiger partial charge on any atom is -0.382 e. The smallest absolute Gasteiger partial charge is 0.197 e. The summed E-state index contributed by atoms with van der Waals surface area (Å²) < 4.78 is 19.5. The lowest BCUT2D eigenvalue weighted by atomic mass is 9.78. The molecule has 5 heteroatoms. The van der Waals surface area contributed by atoms with Crippen molar-refractivity contribution in [3.05, 3.63) is 34.1 Å². The Kier molecular flexibility index (Phi) is 4.38. The zero-order valence-electron chi connectivity index (χ0n) is 10.7. The fourth-order valence-corrected chi connectivity index (χ4v) is 2.81. The van der Waals surface area contributed by atoms with Gasteiger partial charge in [0.1, 0.15) is 11.4 Å². The van der Waals surface area contributed by atoms with Gasteiger partial charge in [-0.2, -0.15) is 0 Å². The van der Waals surface area contributed by atoms with Crippen LogP contribution in [0.1, 0.15) is 36.0 Å². The molecule has 0 radical (unpaired) electrons. The van der Waals surface area contributed by atoms with Crippen molar-refractivity contribution in [1.82, 2.24) is 0 Å². The first kappa shape index (κ1) is 14.6. The highest BCUT2D eigenvalue weighted by molar-refractivity contribution is 9.10. The van der Waals surface area contributed by atoms with E-state index in [1.54, 1.807) is 7.11 Å². The molecule has 1 aromatic carbocycles. The van der Waals surface area contributed by atoms with Crippen LogP contribution in [0.15, 0.2) is 22.7 Å². The summed E-state index contributed by atoms with van der Waals surface area (Å²) in [6.07, 6.45) is 1.88. The molecular weight excluding hydrogens is 315 g/mol. The van der Waals surface area contributed by atoms with E-state index in [0.717, 1.165) is 0 Å². The number of benzene rings is 1. The SMILES string of the molecule is COC1CCC(O)(C(=O)c2cc(Br)ccc2F)CC1. The Labute approximate surface area is 119 Å². The molecule has 0 atom stereocenters. The highest BCUT2D eigenvalue weighted by atomic mass is 79.9. The van der Waals surface area contributed by atoms with Crippen molar-refractivity contribution in [2.24, 2.45) is 0 Å². The van der Waals surface area contributed by atoms with Gasteiger partial charge in [0.2, 0.25) is 0 Å². The molecule has 1 saturated carbocycles. The van der Waals surface area contributed by atoms with Crippen LogP contribution < -0.4 is 0 Å². The lowest BCUT2D eigenvalue weighted by molar-refractivity contribution is -0.0270. The van der Waals surface area contributed by atoms with Crippen molar-refractivity contribution in [3.8, 4) is 0 Å². The summed E-state index contributed by atoms with van der Waals surface area (Å²) in [5.74, 6) is -1.14. The number of rotatable bonds is 3. The standard InChI is InChI=1S/C14H16BrFO3/c1-19-10-4-6-14(18,7-5-10)13(17)11-8-9(15)2-3-12(11)16/h2-3,8,10,18H,4-7H2,1H3. The fraction of sp³-hybridized carbons (Fsp3) is 0.500. The van der Waals surface area contributed by atoms with Crippen LogP contribution in [0.5, 0.6) is 0 Å². The Hall–Kier alpha value is -0.780. The van der Waals surface area contributed by atoms with Crippen molar-refractivity contribution in [1.29, 1.82) is 0 Å². The van der Waals surface area contributed by atoms with Crippen LogP contribution in [0.2, 0.25) is 0 Å². The highest BCUT2D eigenvalue weighted by Gasteiger charge is 2.41. The van der Waals surface area contributed by atoms with Crippen LogP contribution in [-0.2, 0) is 4.74 Å². The molecule has 19 heavy (non-hydrogen) atoms. The van der Waals surface area contributed by atoms with Gasteiger partial charge in [-0.05, 0) is 43.9 Å². The zero-order chi connectivity index (χ0) is 14.0. The Bertz CT molecular complexity index is 482. The molecule has 0 aromatic heterocycles. The first-order valence-corrected chi connectivity index (χ1v) is 7.00. The van der Waals surface area contributed by atoms with Crippen LogP contribution >= 0.6 is 15.9 Å². The molecule has 1 fully saturated rings. The maximum absolute atomic E-state index is 13.7. The molecule has 3 nitrogen and oxygen atoms in total. The summed E-state index contributed by atoms with van der Waals surface area (Å²) in [5.41, 5.74) is -1.54. The van der Waals surface area contributed by atoms with Gasteiger partial charge in [-0.25, -0.2) is 4.39 Å². The second kappa shape index (κ2) is 5.69. The number of ether oxygens (including phenoxy) is 1. The second-order valence-electron chi connectivity index (χ2n) is 4.92. The quantitative estimate of drug-likeness (QED) is 0.866. The molecule has 2 rings (SSSR count). The third-order valence-electron chi connectivity index (χ3n) is 3.69. The third-order valence-corrected chi connectivity index (χ3v) is 4.18. The number of methoxy groups -OCH3 is 1. The van der Waals surface area contributed by atoms with Crippen molar-refractivity contribution in [3.63, 3.8) is 0 Å². The van der Waals surface area contributed by atoms with Crippen LogP contribution in [-0.4, -0.2) is 29.7 Å². The topological polar surface area (TPSA) is 46.5 Å². The van der Waals surface area contributed by atoms with Crippen LogP contribution in [0, 0.1) is 5.82 Å². The van der Waals surface area contributed by atoms with E-state index in [1.807, 2.05) is 0 Å². The van der Waals surface area contributed by atoms with Crippen LogP contribution in [0.3, 0.4) is 0 Å². The van der Waals surface area contributed by atoms with E-state index in [9.17, 15) is 14.3 Å². The lowest BCUT2D eigenvalue weighted by Crippen LogP contribution is -2.43. The molecule has 104 valence electrons. The zero-order valence-corrected chi connectivity index (χ0v) is 12.2. The summed E-state index contributed by atoms with van der Waals surface area (Å²) in [7, 11) is 1.62. The van der Waals surface area contributed by atoms with E-state index in [4.69, 9.17) is 4.74 Å². The van der Waals surface area contributed by atoms with Gasteiger partial charge in [0, 0.05) is 11.6 Å². The number of Topliss-reactive ketones (excluding diaryl/α,β-unsaturated/α-hetero) is 1. The van der Waals surface area contributed by atoms with Crippen LogP contribution in [0.4, 0.5) is 4.39 Å². The van der Waals surface area contributed by atoms with Gasteiger partial charge in [0.15, 0.2) is 5.78 Å². The number of halogens is 2. The summed E-state index contributed by atoms with van der Waals surface area (Å²) in [4.78, 5) is 12.3.